The maximum Gasteiger partial charge on any atom is 0.534 e. The van der Waals surface area contributed by atoms with Crippen LogP contribution in [0.15, 0.2) is 128 Å². The highest BCUT2D eigenvalue weighted by atomic mass is 35.5. The zero-order valence-corrected chi connectivity index (χ0v) is 35.5. The molecule has 0 atom stereocenters. The van der Waals surface area contributed by atoms with Crippen molar-refractivity contribution in [2.45, 2.75) is 31.2 Å². The summed E-state index contributed by atoms with van der Waals surface area (Å²) in [6.07, 6.45) is 7.68. The molecule has 0 unspecified atom stereocenters. The average molecular weight is 901 g/mol. The number of halogens is 4. The van der Waals surface area contributed by atoms with E-state index in [-0.39, 0.29) is 41.7 Å². The van der Waals surface area contributed by atoms with Crippen LogP contribution in [0.1, 0.15) is 39.8 Å². The van der Waals surface area contributed by atoms with Crippen LogP contribution < -0.4 is 10.2 Å². The number of anilines is 1. The fraction of sp³-hybridized carbons (Fsp3) is 0.234. The van der Waals surface area contributed by atoms with E-state index in [2.05, 4.69) is 60.7 Å². The van der Waals surface area contributed by atoms with Gasteiger partial charge in [-0.05, 0) is 41.1 Å². The number of allylic oxidation sites excluding steroid dienone is 3. The number of nitrogens with zero attached hydrogens (tertiary/aromatic N) is 3. The van der Waals surface area contributed by atoms with Crippen molar-refractivity contribution in [3.63, 3.8) is 0 Å². The number of carbonyl (C=O) groups excluding carboxylic acids is 3. The summed E-state index contributed by atoms with van der Waals surface area (Å²) in [5.74, 6) is 0.203. The van der Waals surface area contributed by atoms with Crippen LogP contribution >= 0.6 is 12.4 Å². The van der Waals surface area contributed by atoms with Gasteiger partial charge in [0, 0.05) is 104 Å². The summed E-state index contributed by atoms with van der Waals surface area (Å²) in [7, 11) is -5.78. The van der Waals surface area contributed by atoms with Gasteiger partial charge in [-0.15, -0.1) is 12.4 Å². The summed E-state index contributed by atoms with van der Waals surface area (Å²) in [4.78, 5) is 44.0. The van der Waals surface area contributed by atoms with Gasteiger partial charge >= 0.3 is 15.6 Å². The molecule has 9 rings (SSSR count). The number of alkyl halides is 3. The standard InChI is InChI=1S/C26H28N4O.C11H7F3O4S.C10H8O2.ClH/c31-22-18-21-7-2-3-8-23(21)25(19-22)27-11-5-13-29-14-16-30(17-15-29)26-24-9-4-1-6-20(24)10-12-28-26;12-11(13,14)19(16,17)18-10-6-8(15)5-7-3-1-2-4-9(7)10;11-8-5-7-3-1-2-4-9(7)10(12)6-8;/h1-4,6-10,12,19,27H,5,11,13-18H2;1-4,6H,5H2;1-4,6,12H,5H2;1H. The van der Waals surface area contributed by atoms with E-state index in [1.54, 1.807) is 12.1 Å². The number of ketones is 3. The number of rotatable bonds is 8. The minimum Gasteiger partial charge on any atom is -0.507 e. The molecule has 1 saturated heterocycles. The van der Waals surface area contributed by atoms with E-state index >= 15 is 0 Å². The molecule has 1 aliphatic heterocycles. The van der Waals surface area contributed by atoms with Gasteiger partial charge in [0.15, 0.2) is 23.1 Å². The first-order chi connectivity index (χ1) is 29.8. The Balaban J connectivity index is 0.000000175. The minimum atomic E-state index is -5.78. The number of piperazine rings is 1. The van der Waals surface area contributed by atoms with Crippen molar-refractivity contribution in [1.29, 1.82) is 0 Å². The SMILES string of the molecule is Cl.O=C1C=C(NCCCN2CCN(c3nccc4ccccc34)CC2)c2ccccc2C1.O=C1C=C(O)c2ccccc2C1.O=C1C=C(OS(=O)(=O)C(F)(F)F)c2ccccc2C1. The van der Waals surface area contributed by atoms with Gasteiger partial charge in [-0.25, -0.2) is 4.98 Å². The molecular formula is C47H44ClF3N4O7S. The number of nitrogens with one attached hydrogen (secondary N) is 1. The molecule has 1 aromatic heterocycles. The number of hydrogen-bond acceptors (Lipinski definition) is 11. The van der Waals surface area contributed by atoms with Crippen LogP contribution in [0.3, 0.4) is 0 Å². The zero-order valence-electron chi connectivity index (χ0n) is 33.9. The number of pyridine rings is 1. The predicted molar refractivity (Wildman–Crippen MR) is 238 cm³/mol. The van der Waals surface area contributed by atoms with Crippen LogP contribution in [0.2, 0.25) is 0 Å². The summed E-state index contributed by atoms with van der Waals surface area (Å²) < 4.78 is 62.6. The van der Waals surface area contributed by atoms with Gasteiger partial charge in [0.25, 0.3) is 0 Å². The van der Waals surface area contributed by atoms with Crippen molar-refractivity contribution in [3.8, 4) is 0 Å². The molecule has 2 N–H and O–H groups in total. The molecule has 16 heteroatoms. The van der Waals surface area contributed by atoms with Gasteiger partial charge in [-0.2, -0.15) is 21.6 Å². The Hall–Kier alpha value is -6.29. The quantitative estimate of drug-likeness (QED) is 0.0900. The van der Waals surface area contributed by atoms with E-state index in [1.807, 2.05) is 48.7 Å². The lowest BCUT2D eigenvalue weighted by atomic mass is 9.94. The lowest BCUT2D eigenvalue weighted by molar-refractivity contribution is -0.115. The lowest BCUT2D eigenvalue weighted by Gasteiger charge is -2.36. The molecule has 0 saturated carbocycles. The molecule has 0 bridgehead atoms. The second kappa shape index (κ2) is 20.3. The molecular weight excluding hydrogens is 857 g/mol. The van der Waals surface area contributed by atoms with E-state index in [0.717, 1.165) is 80.0 Å². The fourth-order valence-corrected chi connectivity index (χ4v) is 8.10. The molecule has 5 aromatic rings. The number of carbonyl (C=O) groups is 3. The van der Waals surface area contributed by atoms with Crippen molar-refractivity contribution < 1.29 is 45.3 Å². The van der Waals surface area contributed by atoms with Gasteiger partial charge in [0.05, 0.1) is 0 Å². The van der Waals surface area contributed by atoms with Crippen molar-refractivity contribution in [2.24, 2.45) is 0 Å². The second-order valence-electron chi connectivity index (χ2n) is 14.9. The molecule has 2 heterocycles. The third-order valence-corrected chi connectivity index (χ3v) is 11.6. The molecule has 4 aromatic carbocycles. The third-order valence-electron chi connectivity index (χ3n) is 10.6. The Morgan fingerprint density at radius 2 is 1.22 bits per heavy atom. The van der Waals surface area contributed by atoms with Crippen molar-refractivity contribution >= 4 is 73.7 Å². The maximum absolute atomic E-state index is 12.2. The summed E-state index contributed by atoms with van der Waals surface area (Å²) in [5.41, 5.74) is -0.0203. The van der Waals surface area contributed by atoms with E-state index < -0.39 is 27.2 Å². The molecule has 3 aliphatic carbocycles. The van der Waals surface area contributed by atoms with Gasteiger partial charge in [0.1, 0.15) is 11.6 Å². The highest BCUT2D eigenvalue weighted by Crippen LogP contribution is 2.33. The van der Waals surface area contributed by atoms with Gasteiger partial charge in [-0.1, -0.05) is 97.1 Å². The normalized spacial score (nSPS) is 16.0. The molecule has 1 fully saturated rings. The number of aliphatic hydroxyl groups is 1. The largest absolute Gasteiger partial charge is 0.534 e. The van der Waals surface area contributed by atoms with E-state index in [1.165, 1.54) is 40.6 Å². The molecule has 0 amide bonds. The van der Waals surface area contributed by atoms with Gasteiger partial charge in [-0.3, -0.25) is 19.3 Å². The molecule has 11 nitrogen and oxygen atoms in total. The van der Waals surface area contributed by atoms with E-state index in [9.17, 15) is 41.1 Å². The number of aromatic nitrogens is 1. The highest BCUT2D eigenvalue weighted by Gasteiger charge is 2.49. The predicted octanol–water partition coefficient (Wildman–Crippen LogP) is 7.65. The Morgan fingerprint density at radius 3 is 1.89 bits per heavy atom. The van der Waals surface area contributed by atoms with Crippen molar-refractivity contribution in [3.05, 3.63) is 161 Å². The summed E-state index contributed by atoms with van der Waals surface area (Å²) in [6.45, 7) is 6.04. The first-order valence-electron chi connectivity index (χ1n) is 20.0. The summed E-state index contributed by atoms with van der Waals surface area (Å²) in [5, 5.41) is 15.4. The van der Waals surface area contributed by atoms with Crippen LogP contribution in [0.4, 0.5) is 19.0 Å². The highest BCUT2D eigenvalue weighted by molar-refractivity contribution is 7.87. The second-order valence-corrected chi connectivity index (χ2v) is 16.5. The summed E-state index contributed by atoms with van der Waals surface area (Å²) in [6, 6.07) is 32.1. The molecule has 63 heavy (non-hydrogen) atoms. The zero-order chi connectivity index (χ0) is 43.9. The first-order valence-corrected chi connectivity index (χ1v) is 21.4. The third kappa shape index (κ3) is 11.4. The maximum atomic E-state index is 12.2. The van der Waals surface area contributed by atoms with E-state index in [0.29, 0.717) is 18.4 Å². The number of aliphatic hydroxyl groups excluding tert-OH is 1. The van der Waals surface area contributed by atoms with Crippen LogP contribution in [-0.4, -0.2) is 85.5 Å². The Morgan fingerprint density at radius 1 is 0.683 bits per heavy atom. The molecule has 328 valence electrons. The van der Waals surface area contributed by atoms with Gasteiger partial charge < -0.3 is 19.5 Å². The molecule has 4 aliphatic rings. The van der Waals surface area contributed by atoms with Gasteiger partial charge in [0.2, 0.25) is 0 Å². The average Bonchev–Trinajstić information content (AvgIpc) is 3.25. The van der Waals surface area contributed by atoms with Crippen LogP contribution in [-0.2, 0) is 47.9 Å². The number of benzene rings is 4. The molecule has 0 radical (unpaired) electrons. The number of fused-ring (bicyclic) bond motifs is 4. The van der Waals surface area contributed by atoms with Crippen LogP contribution in [0.25, 0.3) is 28.0 Å². The molecule has 0 spiro atoms. The number of hydrogen-bond donors (Lipinski definition) is 2. The topological polar surface area (TPSA) is 146 Å². The van der Waals surface area contributed by atoms with Crippen LogP contribution in [0, 0.1) is 0 Å². The minimum absolute atomic E-state index is 0. The van der Waals surface area contributed by atoms with Crippen LogP contribution in [0.5, 0.6) is 0 Å². The summed E-state index contributed by atoms with van der Waals surface area (Å²) >= 11 is 0. The monoisotopic (exact) mass is 900 g/mol. The van der Waals surface area contributed by atoms with Crippen molar-refractivity contribution in [2.75, 3.05) is 44.2 Å². The van der Waals surface area contributed by atoms with Crippen molar-refractivity contribution in [1.82, 2.24) is 15.2 Å². The lowest BCUT2D eigenvalue weighted by Crippen LogP contribution is -2.47. The Bertz CT molecular complexity index is 2710. The first kappa shape index (κ1) is 46.2. The Kier molecular flexibility index (Phi) is 14.9. The van der Waals surface area contributed by atoms with E-state index in [4.69, 9.17) is 0 Å². The fourth-order valence-electron chi connectivity index (χ4n) is 7.63. The Labute approximate surface area is 369 Å². The smallest absolute Gasteiger partial charge is 0.507 e.